The molecule has 0 aliphatic rings. The van der Waals surface area contributed by atoms with E-state index in [2.05, 4.69) is 10.3 Å². The van der Waals surface area contributed by atoms with Crippen LogP contribution in [0.1, 0.15) is 19.4 Å². The molecule has 1 N–H and O–H groups in total. The fourth-order valence-corrected chi connectivity index (χ4v) is 0.921. The zero-order valence-corrected chi connectivity index (χ0v) is 8.37. The molecule has 1 heterocycles. The van der Waals surface area contributed by atoms with Gasteiger partial charge in [-0.3, -0.25) is 0 Å². The number of hydrogen-bond acceptors (Lipinski definition) is 3. The molecule has 0 unspecified atom stereocenters. The van der Waals surface area contributed by atoms with Gasteiger partial charge in [-0.15, -0.1) is 0 Å². The van der Waals surface area contributed by atoms with Crippen molar-refractivity contribution in [1.82, 2.24) is 4.98 Å². The van der Waals surface area contributed by atoms with Gasteiger partial charge >= 0.3 is 0 Å². The van der Waals surface area contributed by atoms with Crippen LogP contribution in [0.2, 0.25) is 0 Å². The van der Waals surface area contributed by atoms with Crippen LogP contribution in [0.15, 0.2) is 18.3 Å². The third kappa shape index (κ3) is 3.42. The monoisotopic (exact) mass is 180 g/mol. The average molecular weight is 180 g/mol. The van der Waals surface area contributed by atoms with Gasteiger partial charge in [-0.2, -0.15) is 0 Å². The SMILES string of the molecule is CNc1ccc(COC(C)C)cn1. The maximum absolute atomic E-state index is 5.44. The Balaban J connectivity index is 2.49. The van der Waals surface area contributed by atoms with Crippen LogP contribution >= 0.6 is 0 Å². The second kappa shape index (κ2) is 4.82. The fraction of sp³-hybridized carbons (Fsp3) is 0.500. The number of rotatable bonds is 4. The molecule has 0 amide bonds. The summed E-state index contributed by atoms with van der Waals surface area (Å²) in [6.45, 7) is 4.68. The second-order valence-electron chi connectivity index (χ2n) is 3.16. The molecule has 0 atom stereocenters. The van der Waals surface area contributed by atoms with E-state index in [1.807, 2.05) is 39.2 Å². The maximum Gasteiger partial charge on any atom is 0.125 e. The van der Waals surface area contributed by atoms with Crippen LogP contribution in [-0.2, 0) is 11.3 Å². The van der Waals surface area contributed by atoms with Crippen molar-refractivity contribution in [3.63, 3.8) is 0 Å². The number of aromatic nitrogens is 1. The molecule has 72 valence electrons. The summed E-state index contributed by atoms with van der Waals surface area (Å²) >= 11 is 0. The van der Waals surface area contributed by atoms with Gasteiger partial charge in [-0.25, -0.2) is 4.98 Å². The van der Waals surface area contributed by atoms with Gasteiger partial charge in [0.05, 0.1) is 12.7 Å². The Morgan fingerprint density at radius 1 is 1.46 bits per heavy atom. The van der Waals surface area contributed by atoms with Gasteiger partial charge in [-0.05, 0) is 25.5 Å². The van der Waals surface area contributed by atoms with E-state index in [0.29, 0.717) is 6.61 Å². The highest BCUT2D eigenvalue weighted by Crippen LogP contribution is 2.06. The molecule has 0 saturated heterocycles. The summed E-state index contributed by atoms with van der Waals surface area (Å²) in [6.07, 6.45) is 2.10. The van der Waals surface area contributed by atoms with Crippen molar-refractivity contribution in [2.24, 2.45) is 0 Å². The van der Waals surface area contributed by atoms with E-state index in [-0.39, 0.29) is 6.10 Å². The first-order chi connectivity index (χ1) is 6.22. The highest BCUT2D eigenvalue weighted by atomic mass is 16.5. The molecule has 0 bridgehead atoms. The van der Waals surface area contributed by atoms with E-state index in [1.165, 1.54) is 0 Å². The predicted molar refractivity (Wildman–Crippen MR) is 53.7 cm³/mol. The lowest BCUT2D eigenvalue weighted by Gasteiger charge is -2.07. The Bertz CT molecular complexity index is 244. The van der Waals surface area contributed by atoms with Gasteiger partial charge in [0.15, 0.2) is 0 Å². The van der Waals surface area contributed by atoms with E-state index in [1.54, 1.807) is 0 Å². The van der Waals surface area contributed by atoms with Crippen LogP contribution in [0.5, 0.6) is 0 Å². The molecule has 0 aromatic carbocycles. The van der Waals surface area contributed by atoms with Gasteiger partial charge < -0.3 is 10.1 Å². The zero-order valence-electron chi connectivity index (χ0n) is 8.37. The summed E-state index contributed by atoms with van der Waals surface area (Å²) in [5, 5.41) is 2.97. The van der Waals surface area contributed by atoms with Gasteiger partial charge in [0.1, 0.15) is 5.82 Å². The summed E-state index contributed by atoms with van der Waals surface area (Å²) in [4.78, 5) is 4.18. The topological polar surface area (TPSA) is 34.1 Å². The van der Waals surface area contributed by atoms with Gasteiger partial charge in [-0.1, -0.05) is 6.07 Å². The fourth-order valence-electron chi connectivity index (χ4n) is 0.921. The molecular formula is C10H16N2O. The number of hydrogen-bond donors (Lipinski definition) is 1. The second-order valence-corrected chi connectivity index (χ2v) is 3.16. The van der Waals surface area contributed by atoms with Crippen LogP contribution in [0, 0.1) is 0 Å². The molecule has 0 aliphatic carbocycles. The normalized spacial score (nSPS) is 10.5. The molecule has 0 radical (unpaired) electrons. The largest absolute Gasteiger partial charge is 0.374 e. The molecule has 1 aromatic rings. The van der Waals surface area contributed by atoms with E-state index in [9.17, 15) is 0 Å². The number of pyridine rings is 1. The van der Waals surface area contributed by atoms with Gasteiger partial charge in [0, 0.05) is 13.2 Å². The van der Waals surface area contributed by atoms with E-state index < -0.39 is 0 Å². The Hall–Kier alpha value is -1.09. The van der Waals surface area contributed by atoms with Crippen molar-refractivity contribution in [3.8, 4) is 0 Å². The summed E-state index contributed by atoms with van der Waals surface area (Å²) < 4.78 is 5.44. The standard InChI is InChI=1S/C10H16N2O/c1-8(2)13-7-9-4-5-10(11-3)12-6-9/h4-6,8H,7H2,1-3H3,(H,11,12). The lowest BCUT2D eigenvalue weighted by molar-refractivity contribution is 0.0655. The first-order valence-electron chi connectivity index (χ1n) is 4.46. The Morgan fingerprint density at radius 3 is 2.69 bits per heavy atom. The first kappa shape index (κ1) is 9.99. The smallest absolute Gasteiger partial charge is 0.125 e. The van der Waals surface area contributed by atoms with Gasteiger partial charge in [0.2, 0.25) is 0 Å². The quantitative estimate of drug-likeness (QED) is 0.770. The molecule has 0 spiro atoms. The summed E-state index contributed by atoms with van der Waals surface area (Å²) in [6, 6.07) is 3.96. The molecule has 0 fully saturated rings. The minimum Gasteiger partial charge on any atom is -0.374 e. The summed E-state index contributed by atoms with van der Waals surface area (Å²) in [5.74, 6) is 0.883. The maximum atomic E-state index is 5.44. The zero-order chi connectivity index (χ0) is 9.68. The summed E-state index contributed by atoms with van der Waals surface area (Å²) in [5.41, 5.74) is 1.10. The van der Waals surface area contributed by atoms with Crippen molar-refractivity contribution in [3.05, 3.63) is 23.9 Å². The van der Waals surface area contributed by atoms with Crippen LogP contribution < -0.4 is 5.32 Å². The summed E-state index contributed by atoms with van der Waals surface area (Å²) in [7, 11) is 1.85. The highest BCUT2D eigenvalue weighted by Gasteiger charge is 1.96. The predicted octanol–water partition coefficient (Wildman–Crippen LogP) is 2.05. The van der Waals surface area contributed by atoms with E-state index >= 15 is 0 Å². The number of anilines is 1. The molecule has 1 aromatic heterocycles. The van der Waals surface area contributed by atoms with Gasteiger partial charge in [0.25, 0.3) is 0 Å². The van der Waals surface area contributed by atoms with Crippen molar-refractivity contribution < 1.29 is 4.74 Å². The molecule has 13 heavy (non-hydrogen) atoms. The molecule has 0 aliphatic heterocycles. The van der Waals surface area contributed by atoms with Crippen molar-refractivity contribution in [2.45, 2.75) is 26.6 Å². The van der Waals surface area contributed by atoms with Crippen LogP contribution in [-0.4, -0.2) is 18.1 Å². The average Bonchev–Trinajstić information content (AvgIpc) is 2.15. The number of nitrogens with zero attached hydrogens (tertiary/aromatic N) is 1. The van der Waals surface area contributed by atoms with Crippen LogP contribution in [0.4, 0.5) is 5.82 Å². The van der Waals surface area contributed by atoms with Crippen molar-refractivity contribution in [2.75, 3.05) is 12.4 Å². The molecule has 1 rings (SSSR count). The van der Waals surface area contributed by atoms with E-state index in [0.717, 1.165) is 11.4 Å². The Morgan fingerprint density at radius 2 is 2.23 bits per heavy atom. The van der Waals surface area contributed by atoms with Crippen LogP contribution in [0.3, 0.4) is 0 Å². The molecule has 0 saturated carbocycles. The lowest BCUT2D eigenvalue weighted by atomic mass is 10.3. The third-order valence-electron chi connectivity index (χ3n) is 1.66. The Labute approximate surface area is 79.1 Å². The lowest BCUT2D eigenvalue weighted by Crippen LogP contribution is -2.02. The van der Waals surface area contributed by atoms with Crippen LogP contribution in [0.25, 0.3) is 0 Å². The minimum absolute atomic E-state index is 0.268. The Kier molecular flexibility index (Phi) is 3.71. The highest BCUT2D eigenvalue weighted by molar-refractivity contribution is 5.34. The molecular weight excluding hydrogens is 164 g/mol. The van der Waals surface area contributed by atoms with Crippen molar-refractivity contribution >= 4 is 5.82 Å². The number of ether oxygens (including phenoxy) is 1. The number of nitrogens with one attached hydrogen (secondary N) is 1. The van der Waals surface area contributed by atoms with Crippen molar-refractivity contribution in [1.29, 1.82) is 0 Å². The molecule has 3 heteroatoms. The first-order valence-corrected chi connectivity index (χ1v) is 4.46. The van der Waals surface area contributed by atoms with E-state index in [4.69, 9.17) is 4.74 Å². The minimum atomic E-state index is 0.268. The molecule has 3 nitrogen and oxygen atoms in total. The third-order valence-corrected chi connectivity index (χ3v) is 1.66.